The van der Waals surface area contributed by atoms with Crippen LogP contribution in [0.1, 0.15) is 0 Å². The number of carbonyl (C=O) groups excluding carboxylic acids is 2. The number of hydrogen-bond donors (Lipinski definition) is 0. The monoisotopic (exact) mass is 278 g/mol. The molecule has 0 atom stereocenters. The zero-order chi connectivity index (χ0) is 14.4. The van der Waals surface area contributed by atoms with Crippen LogP contribution in [0.4, 0.5) is 17.6 Å². The first kappa shape index (κ1) is 16.6. The van der Waals surface area contributed by atoms with Crippen molar-refractivity contribution in [1.82, 2.24) is 0 Å². The maximum Gasteiger partial charge on any atom is 0.415 e. The molecule has 0 aromatic carbocycles. The van der Waals surface area contributed by atoms with Gasteiger partial charge in [0, 0.05) is 14.2 Å². The standard InChI is InChI=1S/C8H10F4O6/c1-15-3-17-5(13)7(9,10)8(11,12)6(14)18-4-16-2/h3-4H2,1-2H3. The molecule has 0 rings (SSSR count). The second-order valence-corrected chi connectivity index (χ2v) is 2.83. The summed E-state index contributed by atoms with van der Waals surface area (Å²) in [6.07, 6.45) is 0. The Morgan fingerprint density at radius 2 is 1.11 bits per heavy atom. The van der Waals surface area contributed by atoms with Gasteiger partial charge in [-0.2, -0.15) is 17.6 Å². The third-order valence-corrected chi connectivity index (χ3v) is 1.52. The van der Waals surface area contributed by atoms with Crippen molar-refractivity contribution in [2.45, 2.75) is 11.8 Å². The maximum atomic E-state index is 13.0. The van der Waals surface area contributed by atoms with E-state index < -0.39 is 37.4 Å². The van der Waals surface area contributed by atoms with E-state index >= 15 is 0 Å². The first-order valence-electron chi connectivity index (χ1n) is 4.29. The number of carbonyl (C=O) groups is 2. The molecule has 0 radical (unpaired) electrons. The van der Waals surface area contributed by atoms with Crippen LogP contribution in [0, 0.1) is 0 Å². The van der Waals surface area contributed by atoms with Crippen molar-refractivity contribution in [3.05, 3.63) is 0 Å². The highest BCUT2D eigenvalue weighted by molar-refractivity contribution is 5.89. The molecule has 0 spiro atoms. The van der Waals surface area contributed by atoms with E-state index in [-0.39, 0.29) is 0 Å². The molecular weight excluding hydrogens is 268 g/mol. The van der Waals surface area contributed by atoms with Gasteiger partial charge in [-0.25, -0.2) is 9.59 Å². The molecule has 0 aliphatic carbocycles. The zero-order valence-electron chi connectivity index (χ0n) is 9.38. The second kappa shape index (κ2) is 6.50. The van der Waals surface area contributed by atoms with Crippen LogP contribution in [0.15, 0.2) is 0 Å². The summed E-state index contributed by atoms with van der Waals surface area (Å²) >= 11 is 0. The number of halogens is 4. The van der Waals surface area contributed by atoms with Crippen LogP contribution in [0.25, 0.3) is 0 Å². The van der Waals surface area contributed by atoms with Crippen molar-refractivity contribution < 1.29 is 46.1 Å². The predicted octanol–water partition coefficient (Wildman–Crippen LogP) is 0.551. The summed E-state index contributed by atoms with van der Waals surface area (Å²) in [5.74, 6) is -16.0. The number of ether oxygens (including phenoxy) is 4. The molecule has 0 saturated heterocycles. The third-order valence-electron chi connectivity index (χ3n) is 1.52. The Labute approximate surface area is 98.7 Å². The van der Waals surface area contributed by atoms with Crippen molar-refractivity contribution in [3.63, 3.8) is 0 Å². The van der Waals surface area contributed by atoms with Crippen molar-refractivity contribution in [2.24, 2.45) is 0 Å². The van der Waals surface area contributed by atoms with Gasteiger partial charge < -0.3 is 18.9 Å². The zero-order valence-corrected chi connectivity index (χ0v) is 9.38. The minimum Gasteiger partial charge on any atom is -0.434 e. The van der Waals surface area contributed by atoms with Crippen LogP contribution in [0.2, 0.25) is 0 Å². The third kappa shape index (κ3) is 3.53. The Bertz CT molecular complexity index is 276. The molecule has 0 aromatic heterocycles. The Kier molecular flexibility index (Phi) is 5.98. The van der Waals surface area contributed by atoms with Crippen LogP contribution in [0.5, 0.6) is 0 Å². The lowest BCUT2D eigenvalue weighted by Gasteiger charge is -2.22. The van der Waals surface area contributed by atoms with Gasteiger partial charge in [0.15, 0.2) is 13.6 Å². The molecular formula is C8H10F4O6. The first-order chi connectivity index (χ1) is 8.21. The molecule has 106 valence electrons. The molecule has 0 amide bonds. The van der Waals surface area contributed by atoms with Crippen LogP contribution >= 0.6 is 0 Å². The quantitative estimate of drug-likeness (QED) is 0.385. The van der Waals surface area contributed by atoms with Crippen LogP contribution in [-0.2, 0) is 28.5 Å². The number of rotatable bonds is 7. The van der Waals surface area contributed by atoms with E-state index in [1.807, 2.05) is 0 Å². The summed E-state index contributed by atoms with van der Waals surface area (Å²) in [6, 6.07) is 0. The largest absolute Gasteiger partial charge is 0.434 e. The normalized spacial score (nSPS) is 12.1. The lowest BCUT2D eigenvalue weighted by molar-refractivity contribution is -0.245. The van der Waals surface area contributed by atoms with Crippen LogP contribution in [-0.4, -0.2) is 51.6 Å². The van der Waals surface area contributed by atoms with Crippen molar-refractivity contribution in [2.75, 3.05) is 27.8 Å². The van der Waals surface area contributed by atoms with Gasteiger partial charge in [0.1, 0.15) is 0 Å². The van der Waals surface area contributed by atoms with Gasteiger partial charge in [-0.15, -0.1) is 0 Å². The number of esters is 2. The van der Waals surface area contributed by atoms with Crippen molar-refractivity contribution in [3.8, 4) is 0 Å². The lowest BCUT2D eigenvalue weighted by Crippen LogP contribution is -2.53. The Morgan fingerprint density at radius 3 is 1.33 bits per heavy atom. The smallest absolute Gasteiger partial charge is 0.415 e. The summed E-state index contributed by atoms with van der Waals surface area (Å²) in [4.78, 5) is 21.4. The summed E-state index contributed by atoms with van der Waals surface area (Å²) in [6.45, 7) is -1.92. The van der Waals surface area contributed by atoms with Gasteiger partial charge in [0.05, 0.1) is 0 Å². The van der Waals surface area contributed by atoms with E-state index in [9.17, 15) is 27.2 Å². The van der Waals surface area contributed by atoms with Gasteiger partial charge in [-0.3, -0.25) is 0 Å². The minimum atomic E-state index is -5.38. The Hall–Kier alpha value is -1.42. The molecule has 10 heteroatoms. The fraction of sp³-hybridized carbons (Fsp3) is 0.750. The molecule has 0 aliphatic rings. The van der Waals surface area contributed by atoms with E-state index in [0.29, 0.717) is 0 Å². The van der Waals surface area contributed by atoms with E-state index in [1.165, 1.54) is 0 Å². The molecule has 0 heterocycles. The van der Waals surface area contributed by atoms with Gasteiger partial charge in [-0.1, -0.05) is 0 Å². The van der Waals surface area contributed by atoms with Crippen molar-refractivity contribution >= 4 is 11.9 Å². The summed E-state index contributed by atoms with van der Waals surface area (Å²) in [5.41, 5.74) is 0. The summed E-state index contributed by atoms with van der Waals surface area (Å²) in [7, 11) is 1.97. The van der Waals surface area contributed by atoms with Gasteiger partial charge in [0.2, 0.25) is 0 Å². The topological polar surface area (TPSA) is 71.1 Å². The van der Waals surface area contributed by atoms with Gasteiger partial charge >= 0.3 is 23.8 Å². The highest BCUT2D eigenvalue weighted by Gasteiger charge is 2.69. The Morgan fingerprint density at radius 1 is 0.833 bits per heavy atom. The SMILES string of the molecule is COCOC(=O)C(F)(F)C(F)(F)C(=O)OCOC. The summed E-state index contributed by atoms with van der Waals surface area (Å²) < 4.78 is 67.4. The van der Waals surface area contributed by atoms with Gasteiger partial charge in [-0.05, 0) is 0 Å². The van der Waals surface area contributed by atoms with Crippen LogP contribution in [0.3, 0.4) is 0 Å². The number of alkyl halides is 4. The van der Waals surface area contributed by atoms with E-state index in [4.69, 9.17) is 0 Å². The maximum absolute atomic E-state index is 13.0. The minimum absolute atomic E-state index is 0.961. The van der Waals surface area contributed by atoms with E-state index in [1.54, 1.807) is 0 Å². The molecule has 6 nitrogen and oxygen atoms in total. The van der Waals surface area contributed by atoms with E-state index in [2.05, 4.69) is 18.9 Å². The highest BCUT2D eigenvalue weighted by atomic mass is 19.3. The van der Waals surface area contributed by atoms with Gasteiger partial charge in [0.25, 0.3) is 0 Å². The number of hydrogen-bond acceptors (Lipinski definition) is 6. The summed E-state index contributed by atoms with van der Waals surface area (Å²) in [5, 5.41) is 0. The fourth-order valence-corrected chi connectivity index (χ4v) is 0.663. The molecule has 0 aliphatic heterocycles. The Balaban J connectivity index is 4.82. The molecule has 0 N–H and O–H groups in total. The first-order valence-corrected chi connectivity index (χ1v) is 4.29. The molecule has 0 unspecified atom stereocenters. The average molecular weight is 278 g/mol. The predicted molar refractivity (Wildman–Crippen MR) is 45.8 cm³/mol. The molecule has 0 bridgehead atoms. The molecule has 0 saturated carbocycles. The van der Waals surface area contributed by atoms with Crippen LogP contribution < -0.4 is 0 Å². The van der Waals surface area contributed by atoms with Crippen molar-refractivity contribution in [1.29, 1.82) is 0 Å². The molecule has 18 heavy (non-hydrogen) atoms. The molecule has 0 aromatic rings. The fourth-order valence-electron chi connectivity index (χ4n) is 0.663. The highest BCUT2D eigenvalue weighted by Crippen LogP contribution is 2.36. The van der Waals surface area contributed by atoms with E-state index in [0.717, 1.165) is 14.2 Å². The number of methoxy groups -OCH3 is 2. The average Bonchev–Trinajstić information content (AvgIpc) is 2.32. The lowest BCUT2D eigenvalue weighted by atomic mass is 10.2. The second-order valence-electron chi connectivity index (χ2n) is 2.83. The molecule has 0 fully saturated rings.